The summed E-state index contributed by atoms with van der Waals surface area (Å²) in [4.78, 5) is 0. The predicted octanol–water partition coefficient (Wildman–Crippen LogP) is 9.14. The highest BCUT2D eigenvalue weighted by atomic mass is 31.2. The van der Waals surface area contributed by atoms with Gasteiger partial charge in [0, 0.05) is 24.4 Å². The van der Waals surface area contributed by atoms with Crippen LogP contribution in [0.25, 0.3) is 31.8 Å². The Kier molecular flexibility index (Phi) is 6.18. The molecule has 0 N–H and O–H groups in total. The zero-order valence-electron chi connectivity index (χ0n) is 21.3. The topological polar surface area (TPSA) is 3.24 Å². The molecule has 0 aliphatic rings. The second-order valence-electron chi connectivity index (χ2n) is 9.81. The lowest BCUT2D eigenvalue weighted by atomic mass is 10.1. The van der Waals surface area contributed by atoms with E-state index < -0.39 is 15.8 Å². The normalized spacial score (nSPS) is 12.6. The van der Waals surface area contributed by atoms with E-state index in [1.807, 2.05) is 0 Å². The van der Waals surface area contributed by atoms with Gasteiger partial charge in [0.15, 0.2) is 0 Å². The van der Waals surface area contributed by atoms with Crippen molar-refractivity contribution in [2.24, 2.45) is 0 Å². The number of aryl methyl sites for hydroxylation is 2. The van der Waals surface area contributed by atoms with E-state index in [1.54, 1.807) is 0 Å². The Morgan fingerprint density at radius 1 is 0.583 bits per heavy atom. The van der Waals surface area contributed by atoms with Crippen molar-refractivity contribution in [2.45, 2.75) is 33.7 Å². The highest BCUT2D eigenvalue weighted by Crippen LogP contribution is 2.60. The van der Waals surface area contributed by atoms with Gasteiger partial charge in [0.2, 0.25) is 0 Å². The maximum absolute atomic E-state index is 2.90. The number of benzene rings is 5. The van der Waals surface area contributed by atoms with E-state index in [4.69, 9.17) is 0 Å². The fourth-order valence-corrected chi connectivity index (χ4v) is 12.3. The molecule has 0 saturated carbocycles. The Bertz CT molecular complexity index is 1670. The lowest BCUT2D eigenvalue weighted by Gasteiger charge is -2.37. The van der Waals surface area contributed by atoms with E-state index >= 15 is 0 Å². The summed E-state index contributed by atoms with van der Waals surface area (Å²) < 4.78 is 2.90. The average molecular weight is 504 g/mol. The molecule has 0 fully saturated rings. The molecule has 1 unspecified atom stereocenters. The lowest BCUT2D eigenvalue weighted by molar-refractivity contribution is 0.873. The van der Waals surface area contributed by atoms with Gasteiger partial charge in [-0.1, -0.05) is 103 Å². The molecule has 5 aromatic carbocycles. The third-order valence-corrected chi connectivity index (χ3v) is 13.6. The molecule has 0 amide bonds. The quantitative estimate of drug-likeness (QED) is 0.212. The first-order valence-electron chi connectivity index (χ1n) is 12.7. The maximum atomic E-state index is 2.90. The molecule has 0 radical (unpaired) electrons. The number of fused-ring (bicyclic) bond motifs is 5. The van der Waals surface area contributed by atoms with Gasteiger partial charge in [0.05, 0.1) is 0 Å². The monoisotopic (exact) mass is 503 g/mol. The van der Waals surface area contributed by atoms with Crippen molar-refractivity contribution in [3.8, 4) is 0 Å². The van der Waals surface area contributed by atoms with E-state index in [0.717, 1.165) is 0 Å². The van der Waals surface area contributed by atoms with Crippen LogP contribution in [0.5, 0.6) is 0 Å². The van der Waals surface area contributed by atoms with Crippen LogP contribution in [0.3, 0.4) is 0 Å². The van der Waals surface area contributed by atoms with Crippen LogP contribution in [0, 0.1) is 13.8 Å². The zero-order chi connectivity index (χ0) is 24.8. The second kappa shape index (κ2) is 9.49. The van der Waals surface area contributed by atoms with Crippen LogP contribution in [0.15, 0.2) is 109 Å². The summed E-state index contributed by atoms with van der Waals surface area (Å²) in [5, 5.41) is 11.5. The average Bonchev–Trinajstić information content (AvgIpc) is 3.23. The van der Waals surface area contributed by atoms with E-state index in [0.29, 0.717) is 6.04 Å². The Labute approximate surface area is 216 Å². The first kappa shape index (κ1) is 23.4. The minimum absolute atomic E-state index is 0.374. The highest BCUT2D eigenvalue weighted by Gasteiger charge is 2.32. The number of hydrogen-bond donors (Lipinski definition) is 0. The molecule has 6 aromatic rings. The summed E-state index contributed by atoms with van der Waals surface area (Å²) in [5.74, 6) is 0. The van der Waals surface area contributed by atoms with Crippen LogP contribution in [0.4, 0.5) is 0 Å². The molecule has 3 heteroatoms. The van der Waals surface area contributed by atoms with E-state index in [2.05, 4.69) is 141 Å². The minimum Gasteiger partial charge on any atom is -0.227 e. The first-order chi connectivity index (χ1) is 17.6. The van der Waals surface area contributed by atoms with Crippen molar-refractivity contribution in [2.75, 3.05) is 4.44 Å². The summed E-state index contributed by atoms with van der Waals surface area (Å²) in [5.41, 5.74) is 2.75. The fourth-order valence-electron chi connectivity index (χ4n) is 5.42. The first-order valence-corrected chi connectivity index (χ1v) is 15.3. The molecular weight excluding hydrogens is 472 g/mol. The molecular formula is C33H31NP2. The zero-order valence-corrected chi connectivity index (χ0v) is 23.1. The maximum Gasteiger partial charge on any atom is 0.0365 e. The highest BCUT2D eigenvalue weighted by molar-refractivity contribution is 7.86. The lowest BCUT2D eigenvalue weighted by Crippen LogP contribution is -2.33. The van der Waals surface area contributed by atoms with Crippen LogP contribution < -0.4 is 15.1 Å². The smallest absolute Gasteiger partial charge is 0.0365 e. The Morgan fingerprint density at radius 3 is 1.78 bits per heavy atom. The van der Waals surface area contributed by atoms with Gasteiger partial charge in [-0.15, -0.1) is 0 Å². The van der Waals surface area contributed by atoms with Gasteiger partial charge in [0.25, 0.3) is 0 Å². The molecule has 0 spiro atoms. The molecule has 0 aliphatic heterocycles. The molecule has 178 valence electrons. The number of nitrogens with zero attached hydrogens (tertiary/aromatic N) is 1. The van der Waals surface area contributed by atoms with Crippen LogP contribution in [-0.2, 0) is 0 Å². The van der Waals surface area contributed by atoms with Gasteiger partial charge in [-0.2, -0.15) is 0 Å². The van der Waals surface area contributed by atoms with Gasteiger partial charge in [-0.3, -0.25) is 0 Å². The largest absolute Gasteiger partial charge is 0.227 e. The third-order valence-electron chi connectivity index (χ3n) is 7.09. The molecule has 1 atom stereocenters. The van der Waals surface area contributed by atoms with Crippen molar-refractivity contribution >= 4 is 58.1 Å². The molecule has 1 heterocycles. The summed E-state index contributed by atoms with van der Waals surface area (Å²) in [6.07, 6.45) is 0. The fraction of sp³-hybridized carbons (Fsp3) is 0.152. The van der Waals surface area contributed by atoms with Crippen LogP contribution in [-0.4, -0.2) is 6.04 Å². The van der Waals surface area contributed by atoms with E-state index in [9.17, 15) is 0 Å². The molecule has 0 aliphatic carbocycles. The van der Waals surface area contributed by atoms with Crippen molar-refractivity contribution in [3.63, 3.8) is 0 Å². The third kappa shape index (κ3) is 3.79. The molecule has 36 heavy (non-hydrogen) atoms. The Balaban J connectivity index is 1.77. The predicted molar refractivity (Wildman–Crippen MR) is 164 cm³/mol. The minimum atomic E-state index is -0.749. The van der Waals surface area contributed by atoms with Crippen molar-refractivity contribution in [1.82, 2.24) is 0 Å². The van der Waals surface area contributed by atoms with Gasteiger partial charge < -0.3 is 0 Å². The van der Waals surface area contributed by atoms with Gasteiger partial charge in [-0.25, -0.2) is 4.44 Å². The van der Waals surface area contributed by atoms with Gasteiger partial charge >= 0.3 is 0 Å². The summed E-state index contributed by atoms with van der Waals surface area (Å²) >= 11 is 0. The molecule has 1 nitrogen and oxygen atoms in total. The van der Waals surface area contributed by atoms with E-state index in [1.165, 1.54) is 53.5 Å². The van der Waals surface area contributed by atoms with Gasteiger partial charge in [-0.05, 0) is 84.7 Å². The SMILES string of the molecule is Cc1ccccc1P(c1ccccc1C)N(C(C)C)p1c2ccccc2c2ccc3ccccc3c21. The van der Waals surface area contributed by atoms with Crippen molar-refractivity contribution in [1.29, 1.82) is 0 Å². The van der Waals surface area contributed by atoms with Gasteiger partial charge in [0.1, 0.15) is 0 Å². The van der Waals surface area contributed by atoms with Crippen LogP contribution >= 0.6 is 15.8 Å². The van der Waals surface area contributed by atoms with Crippen LogP contribution in [0.2, 0.25) is 0 Å². The second-order valence-corrected chi connectivity index (χ2v) is 14.1. The Morgan fingerprint density at radius 2 is 1.14 bits per heavy atom. The van der Waals surface area contributed by atoms with Crippen LogP contribution in [0.1, 0.15) is 25.0 Å². The molecule has 6 rings (SSSR count). The number of rotatable bonds is 5. The summed E-state index contributed by atoms with van der Waals surface area (Å²) in [6, 6.07) is 41.2. The number of hydrogen-bond acceptors (Lipinski definition) is 1. The Hall–Kier alpha value is -2.95. The van der Waals surface area contributed by atoms with E-state index in [-0.39, 0.29) is 0 Å². The molecule has 0 saturated heterocycles. The summed E-state index contributed by atoms with van der Waals surface area (Å²) in [6.45, 7) is 9.33. The van der Waals surface area contributed by atoms with Crippen molar-refractivity contribution in [3.05, 3.63) is 120 Å². The summed E-state index contributed by atoms with van der Waals surface area (Å²) in [7, 11) is -1.48. The molecule has 1 aromatic heterocycles. The van der Waals surface area contributed by atoms with Crippen molar-refractivity contribution < 1.29 is 0 Å². The molecule has 0 bridgehead atoms. The standard InChI is InChI=1S/C33H31NP2/c1-23(2)34(35(30-18-10-5-13-24(30)3)31-19-11-6-14-25(31)4)36-32-20-12-9-17-28(32)29-22-21-26-15-7-8-16-27(26)33(29)36/h5-23H,1-4H3.